The predicted molar refractivity (Wildman–Crippen MR) is 224 cm³/mol. The van der Waals surface area contributed by atoms with Gasteiger partial charge in [-0.15, -0.1) is 11.3 Å². The molecule has 0 saturated carbocycles. The van der Waals surface area contributed by atoms with E-state index in [0.717, 1.165) is 5.46 Å². The third-order valence-corrected chi connectivity index (χ3v) is 14.3. The fourth-order valence-corrected chi connectivity index (χ4v) is 11.3. The Balaban J connectivity index is 1.29. The largest absolute Gasteiger partial charge is 0.427 e. The molecule has 3 aliphatic rings. The number of thiophene rings is 1. The Morgan fingerprint density at radius 2 is 0.963 bits per heavy atom. The molecule has 0 saturated heterocycles. The van der Waals surface area contributed by atoms with Gasteiger partial charge in [0.05, 0.1) is 22.0 Å². The fraction of sp³-hybridized carbons (Fsp3) is 0.160. The molecule has 3 aliphatic carbocycles. The Morgan fingerprint density at radius 3 is 1.56 bits per heavy atom. The van der Waals surface area contributed by atoms with E-state index in [1.807, 2.05) is 46.5 Å². The van der Waals surface area contributed by atoms with Crippen LogP contribution >= 0.6 is 11.3 Å². The Kier molecular flexibility index (Phi) is 6.51. The molecule has 54 heavy (non-hydrogen) atoms. The zero-order chi connectivity index (χ0) is 36.6. The van der Waals surface area contributed by atoms with E-state index in [1.54, 1.807) is 0 Å². The first-order valence-electron chi connectivity index (χ1n) is 18.9. The highest BCUT2D eigenvalue weighted by Crippen LogP contribution is 2.68. The van der Waals surface area contributed by atoms with Crippen molar-refractivity contribution in [2.24, 2.45) is 0 Å². The number of fused-ring (bicyclic) bond motifs is 20. The maximum absolute atomic E-state index is 11.1. The fourth-order valence-electron chi connectivity index (χ4n) is 10.1. The molecule has 0 fully saturated rings. The summed E-state index contributed by atoms with van der Waals surface area (Å²) in [4.78, 5) is 0. The van der Waals surface area contributed by atoms with Gasteiger partial charge in [0.1, 0.15) is 0 Å². The Bertz CT molecular complexity index is 2780. The second kappa shape index (κ2) is 10.9. The second-order valence-corrected chi connectivity index (χ2v) is 17.3. The van der Waals surface area contributed by atoms with Crippen molar-refractivity contribution < 1.29 is 9.76 Å². The molecule has 0 unspecified atom stereocenters. The van der Waals surface area contributed by atoms with Crippen LogP contribution in [0.4, 0.5) is 0 Å². The Labute approximate surface area is 321 Å². The minimum Gasteiger partial charge on any atom is -0.427 e. The normalized spacial score (nSPS) is 15.5. The van der Waals surface area contributed by atoms with Gasteiger partial charge in [-0.25, -0.2) is 0 Å². The molecule has 1 heterocycles. The summed E-state index contributed by atoms with van der Waals surface area (Å²) in [6.07, 6.45) is 0. The topological polar surface area (TPSA) is 29.5 Å². The zero-order valence-electron chi connectivity index (χ0n) is 30.8. The molecular formula is C50H38BO2S. The van der Waals surface area contributed by atoms with Gasteiger partial charge in [-0.1, -0.05) is 146 Å². The highest BCUT2D eigenvalue weighted by Gasteiger charge is 2.59. The van der Waals surface area contributed by atoms with E-state index in [9.17, 15) is 5.11 Å². The zero-order valence-corrected chi connectivity index (χ0v) is 31.6. The monoisotopic (exact) mass is 713 g/mol. The van der Waals surface area contributed by atoms with Crippen LogP contribution in [0.5, 0.6) is 0 Å². The summed E-state index contributed by atoms with van der Waals surface area (Å²) >= 11 is 1.88. The summed E-state index contributed by atoms with van der Waals surface area (Å²) in [6.45, 7) is 7.53. The minimum absolute atomic E-state index is 0.486. The van der Waals surface area contributed by atoms with Crippen molar-refractivity contribution in [3.8, 4) is 22.3 Å². The summed E-state index contributed by atoms with van der Waals surface area (Å²) in [7, 11) is 1.90. The number of aliphatic hydroxyl groups is 1. The lowest BCUT2D eigenvalue weighted by atomic mass is 9.52. The molecule has 259 valence electrons. The molecule has 11 rings (SSSR count). The quantitative estimate of drug-likeness (QED) is 0.184. The van der Waals surface area contributed by atoms with E-state index < -0.39 is 22.0 Å². The number of hydrogen-bond donors (Lipinski definition) is 1. The van der Waals surface area contributed by atoms with Crippen molar-refractivity contribution in [3.63, 3.8) is 0 Å². The molecule has 8 aromatic rings. The standard InChI is InChI=1S/C50H38BO2S/c1-47(2,52)48(3,4)53-51-42-26-15-25-40-44(42)45-41(29-28-33-32-18-7-14-27-43(32)54-46(33)45)50(40)38-23-12-10-21-36(38)49(37-22-11-13-24-39(37)50)34-19-8-5-16-30(34)31-17-6-9-20-35(31)49/h5-29,52H,1-4H3. The van der Waals surface area contributed by atoms with Crippen molar-refractivity contribution in [2.45, 2.75) is 49.7 Å². The van der Waals surface area contributed by atoms with Gasteiger partial charge >= 0.3 is 7.48 Å². The van der Waals surface area contributed by atoms with Crippen LogP contribution in [0.3, 0.4) is 0 Å². The minimum atomic E-state index is -1.05. The summed E-state index contributed by atoms with van der Waals surface area (Å²) in [5, 5.41) is 13.7. The van der Waals surface area contributed by atoms with Crippen molar-refractivity contribution in [1.82, 2.24) is 0 Å². The van der Waals surface area contributed by atoms with Crippen LogP contribution in [-0.2, 0) is 15.5 Å². The first kappa shape index (κ1) is 32.2. The van der Waals surface area contributed by atoms with Crippen LogP contribution in [0, 0.1) is 0 Å². The van der Waals surface area contributed by atoms with Gasteiger partial charge in [-0.2, -0.15) is 0 Å². The van der Waals surface area contributed by atoms with Crippen molar-refractivity contribution in [3.05, 3.63) is 196 Å². The van der Waals surface area contributed by atoms with E-state index in [1.165, 1.54) is 86.9 Å². The van der Waals surface area contributed by atoms with E-state index in [-0.39, 0.29) is 0 Å². The lowest BCUT2D eigenvalue weighted by Crippen LogP contribution is -2.49. The molecule has 4 heteroatoms. The average Bonchev–Trinajstić information content (AvgIpc) is 3.82. The van der Waals surface area contributed by atoms with Gasteiger partial charge in [0, 0.05) is 25.7 Å². The maximum atomic E-state index is 11.1. The maximum Gasteiger partial charge on any atom is 0.331 e. The van der Waals surface area contributed by atoms with Gasteiger partial charge in [0.15, 0.2) is 0 Å². The van der Waals surface area contributed by atoms with Crippen LogP contribution in [0.25, 0.3) is 42.4 Å². The second-order valence-electron chi connectivity index (χ2n) is 16.2. The summed E-state index contributed by atoms with van der Waals surface area (Å²) in [5.74, 6) is 0. The third kappa shape index (κ3) is 3.83. The van der Waals surface area contributed by atoms with Gasteiger partial charge in [0.25, 0.3) is 0 Å². The number of rotatable bonds is 4. The van der Waals surface area contributed by atoms with E-state index in [4.69, 9.17) is 4.65 Å². The molecule has 0 amide bonds. The summed E-state index contributed by atoms with van der Waals surface area (Å²) in [6, 6.07) is 56.9. The van der Waals surface area contributed by atoms with Crippen LogP contribution < -0.4 is 5.46 Å². The van der Waals surface area contributed by atoms with Crippen molar-refractivity contribution in [1.29, 1.82) is 0 Å². The first-order valence-corrected chi connectivity index (χ1v) is 19.7. The van der Waals surface area contributed by atoms with Gasteiger partial charge in [-0.05, 0) is 100 Å². The highest BCUT2D eigenvalue weighted by molar-refractivity contribution is 7.26. The summed E-state index contributed by atoms with van der Waals surface area (Å²) < 4.78 is 9.17. The van der Waals surface area contributed by atoms with Crippen molar-refractivity contribution in [2.75, 3.05) is 0 Å². The predicted octanol–water partition coefficient (Wildman–Crippen LogP) is 10.9. The van der Waals surface area contributed by atoms with E-state index in [2.05, 4.69) is 152 Å². The average molecular weight is 714 g/mol. The van der Waals surface area contributed by atoms with Gasteiger partial charge in [-0.3, -0.25) is 0 Å². The Morgan fingerprint density at radius 1 is 0.481 bits per heavy atom. The third-order valence-electron chi connectivity index (χ3n) is 13.1. The summed E-state index contributed by atoms with van der Waals surface area (Å²) in [5.41, 5.74) is 13.6. The van der Waals surface area contributed by atoms with Gasteiger partial charge < -0.3 is 9.76 Å². The molecule has 0 atom stereocenters. The molecule has 1 aromatic heterocycles. The SMILES string of the molecule is CC(C)(O)C(C)(C)O[B]c1cccc2c1-c1c(ccc3c1sc1ccccc13)C21c2ccccc2C2(c3ccccc3-c3ccccc32)c2ccccc21. The number of hydrogen-bond acceptors (Lipinski definition) is 3. The highest BCUT2D eigenvalue weighted by atomic mass is 32.1. The molecule has 1 N–H and O–H groups in total. The lowest BCUT2D eigenvalue weighted by molar-refractivity contribution is -0.0893. The molecular weight excluding hydrogens is 675 g/mol. The number of benzene rings is 7. The lowest BCUT2D eigenvalue weighted by Gasteiger charge is -2.48. The van der Waals surface area contributed by atoms with E-state index in [0.29, 0.717) is 0 Å². The molecule has 7 aromatic carbocycles. The Hall–Kier alpha value is -5.26. The van der Waals surface area contributed by atoms with Crippen LogP contribution in [0.2, 0.25) is 0 Å². The molecule has 0 aliphatic heterocycles. The first-order chi connectivity index (χ1) is 26.2. The smallest absolute Gasteiger partial charge is 0.331 e. The van der Waals surface area contributed by atoms with Crippen LogP contribution in [0.1, 0.15) is 72.2 Å². The molecule has 2 spiro atoms. The molecule has 0 bridgehead atoms. The van der Waals surface area contributed by atoms with Gasteiger partial charge in [0.2, 0.25) is 0 Å². The molecule has 1 radical (unpaired) electrons. The van der Waals surface area contributed by atoms with Crippen LogP contribution in [0.15, 0.2) is 152 Å². The van der Waals surface area contributed by atoms with Crippen LogP contribution in [-0.4, -0.2) is 23.8 Å². The van der Waals surface area contributed by atoms with Crippen molar-refractivity contribution >= 4 is 44.5 Å². The van der Waals surface area contributed by atoms with E-state index >= 15 is 0 Å². The molecule has 2 nitrogen and oxygen atoms in total.